The molecular weight excluding hydrogens is 158 g/mol. The van der Waals surface area contributed by atoms with Gasteiger partial charge >= 0.3 is 0 Å². The minimum Gasteiger partial charge on any atom is -0.314 e. The van der Waals surface area contributed by atoms with Crippen LogP contribution in [0.5, 0.6) is 0 Å². The van der Waals surface area contributed by atoms with Crippen LogP contribution >= 0.6 is 0 Å². The Morgan fingerprint density at radius 3 is 2.69 bits per heavy atom. The SMILES string of the molecule is CC(=CCCNC(C)C)CC1CC1. The Kier molecular flexibility index (Phi) is 4.51. The molecule has 76 valence electrons. The second kappa shape index (κ2) is 5.43. The molecule has 0 saturated heterocycles. The minimum absolute atomic E-state index is 0.622. The van der Waals surface area contributed by atoms with Gasteiger partial charge in [0.05, 0.1) is 0 Å². The third kappa shape index (κ3) is 5.87. The van der Waals surface area contributed by atoms with Crippen LogP contribution in [0.15, 0.2) is 11.6 Å². The molecule has 0 bridgehead atoms. The Morgan fingerprint density at radius 2 is 2.15 bits per heavy atom. The zero-order valence-electron chi connectivity index (χ0n) is 9.27. The Morgan fingerprint density at radius 1 is 1.46 bits per heavy atom. The van der Waals surface area contributed by atoms with Crippen molar-refractivity contribution in [3.05, 3.63) is 11.6 Å². The first-order valence-corrected chi connectivity index (χ1v) is 5.57. The van der Waals surface area contributed by atoms with Gasteiger partial charge in [0.15, 0.2) is 0 Å². The van der Waals surface area contributed by atoms with Crippen molar-refractivity contribution in [2.45, 2.75) is 52.5 Å². The normalized spacial score (nSPS) is 18.3. The van der Waals surface area contributed by atoms with Crippen molar-refractivity contribution in [1.29, 1.82) is 0 Å². The Labute approximate surface area is 82.6 Å². The predicted octanol–water partition coefficient (Wildman–Crippen LogP) is 3.12. The summed E-state index contributed by atoms with van der Waals surface area (Å²) in [6, 6.07) is 0.622. The summed E-state index contributed by atoms with van der Waals surface area (Å²) in [6.07, 6.45) is 7.87. The van der Waals surface area contributed by atoms with Crippen LogP contribution in [0.25, 0.3) is 0 Å². The van der Waals surface area contributed by atoms with Crippen molar-refractivity contribution in [3.63, 3.8) is 0 Å². The highest BCUT2D eigenvalue weighted by Gasteiger charge is 2.20. The van der Waals surface area contributed by atoms with Gasteiger partial charge in [0, 0.05) is 6.04 Å². The van der Waals surface area contributed by atoms with Gasteiger partial charge in [-0.3, -0.25) is 0 Å². The summed E-state index contributed by atoms with van der Waals surface area (Å²) in [6.45, 7) is 7.79. The zero-order valence-corrected chi connectivity index (χ0v) is 9.27. The second-order valence-corrected chi connectivity index (χ2v) is 4.60. The number of nitrogens with one attached hydrogen (secondary N) is 1. The van der Waals surface area contributed by atoms with E-state index in [0.717, 1.165) is 12.5 Å². The monoisotopic (exact) mass is 181 g/mol. The molecule has 0 spiro atoms. The maximum Gasteiger partial charge on any atom is 0.00105 e. The van der Waals surface area contributed by atoms with Crippen molar-refractivity contribution in [1.82, 2.24) is 5.32 Å². The molecule has 0 amide bonds. The fraction of sp³-hybridized carbons (Fsp3) is 0.833. The summed E-state index contributed by atoms with van der Waals surface area (Å²) in [5.74, 6) is 1.04. The second-order valence-electron chi connectivity index (χ2n) is 4.60. The molecule has 0 atom stereocenters. The molecule has 0 aromatic rings. The third-order valence-electron chi connectivity index (χ3n) is 2.50. The highest BCUT2D eigenvalue weighted by molar-refractivity contribution is 5.01. The predicted molar refractivity (Wildman–Crippen MR) is 58.9 cm³/mol. The summed E-state index contributed by atoms with van der Waals surface area (Å²) in [5.41, 5.74) is 1.59. The lowest BCUT2D eigenvalue weighted by atomic mass is 10.1. The highest BCUT2D eigenvalue weighted by Crippen LogP contribution is 2.34. The molecular formula is C12H23N. The van der Waals surface area contributed by atoms with Gasteiger partial charge in [-0.1, -0.05) is 25.5 Å². The lowest BCUT2D eigenvalue weighted by Crippen LogP contribution is -2.23. The zero-order chi connectivity index (χ0) is 9.68. The van der Waals surface area contributed by atoms with E-state index in [1.165, 1.54) is 25.7 Å². The molecule has 1 rings (SSSR count). The molecule has 1 aliphatic carbocycles. The van der Waals surface area contributed by atoms with Crippen molar-refractivity contribution in [2.75, 3.05) is 6.54 Å². The van der Waals surface area contributed by atoms with Gasteiger partial charge in [0.2, 0.25) is 0 Å². The van der Waals surface area contributed by atoms with Crippen LogP contribution in [-0.2, 0) is 0 Å². The van der Waals surface area contributed by atoms with E-state index in [2.05, 4.69) is 32.2 Å². The number of hydrogen-bond donors (Lipinski definition) is 1. The van der Waals surface area contributed by atoms with E-state index >= 15 is 0 Å². The minimum atomic E-state index is 0.622. The van der Waals surface area contributed by atoms with Gasteiger partial charge < -0.3 is 5.32 Å². The number of hydrogen-bond acceptors (Lipinski definition) is 1. The molecule has 0 unspecified atom stereocenters. The van der Waals surface area contributed by atoms with Crippen LogP contribution in [0, 0.1) is 5.92 Å². The Bertz CT molecular complexity index is 166. The van der Waals surface area contributed by atoms with E-state index in [1.54, 1.807) is 5.57 Å². The molecule has 1 N–H and O–H groups in total. The van der Waals surface area contributed by atoms with Gasteiger partial charge in [0.1, 0.15) is 0 Å². The Hall–Kier alpha value is -0.300. The van der Waals surface area contributed by atoms with Gasteiger partial charge in [0.25, 0.3) is 0 Å². The van der Waals surface area contributed by atoms with Gasteiger partial charge in [-0.15, -0.1) is 0 Å². The quantitative estimate of drug-likeness (QED) is 0.490. The first kappa shape index (κ1) is 10.8. The molecule has 0 radical (unpaired) electrons. The lowest BCUT2D eigenvalue weighted by molar-refractivity contribution is 0.593. The summed E-state index contributed by atoms with van der Waals surface area (Å²) in [4.78, 5) is 0. The maximum absolute atomic E-state index is 3.43. The fourth-order valence-electron chi connectivity index (χ4n) is 1.55. The number of allylic oxidation sites excluding steroid dienone is 1. The van der Waals surface area contributed by atoms with Crippen molar-refractivity contribution < 1.29 is 0 Å². The van der Waals surface area contributed by atoms with E-state index in [4.69, 9.17) is 0 Å². The highest BCUT2D eigenvalue weighted by atomic mass is 14.9. The molecule has 1 fully saturated rings. The van der Waals surface area contributed by atoms with E-state index < -0.39 is 0 Å². The summed E-state index contributed by atoms with van der Waals surface area (Å²) in [5, 5.41) is 3.43. The first-order valence-electron chi connectivity index (χ1n) is 5.57. The van der Waals surface area contributed by atoms with E-state index in [1.807, 2.05) is 0 Å². The Balaban J connectivity index is 2.00. The third-order valence-corrected chi connectivity index (χ3v) is 2.50. The van der Waals surface area contributed by atoms with Crippen LogP contribution in [0.2, 0.25) is 0 Å². The maximum atomic E-state index is 3.43. The van der Waals surface area contributed by atoms with E-state index in [9.17, 15) is 0 Å². The molecule has 1 heteroatoms. The molecule has 0 aromatic carbocycles. The summed E-state index contributed by atoms with van der Waals surface area (Å²) in [7, 11) is 0. The average Bonchev–Trinajstić information content (AvgIpc) is 2.81. The lowest BCUT2D eigenvalue weighted by Gasteiger charge is -2.06. The number of rotatable bonds is 6. The van der Waals surface area contributed by atoms with Crippen molar-refractivity contribution in [3.8, 4) is 0 Å². The fourth-order valence-corrected chi connectivity index (χ4v) is 1.55. The standard InChI is InChI=1S/C12H23N/c1-10(2)13-8-4-5-11(3)9-12-6-7-12/h5,10,12-13H,4,6-9H2,1-3H3. The average molecular weight is 181 g/mol. The van der Waals surface area contributed by atoms with Gasteiger partial charge in [-0.25, -0.2) is 0 Å². The van der Waals surface area contributed by atoms with Crippen LogP contribution in [0.1, 0.15) is 46.5 Å². The summed E-state index contributed by atoms with van der Waals surface area (Å²) < 4.78 is 0. The summed E-state index contributed by atoms with van der Waals surface area (Å²) >= 11 is 0. The van der Waals surface area contributed by atoms with E-state index in [-0.39, 0.29) is 0 Å². The van der Waals surface area contributed by atoms with Crippen molar-refractivity contribution >= 4 is 0 Å². The molecule has 1 aliphatic rings. The van der Waals surface area contributed by atoms with Gasteiger partial charge in [-0.05, 0) is 45.1 Å². The molecule has 0 heterocycles. The van der Waals surface area contributed by atoms with Crippen LogP contribution in [-0.4, -0.2) is 12.6 Å². The molecule has 13 heavy (non-hydrogen) atoms. The van der Waals surface area contributed by atoms with Crippen LogP contribution in [0.3, 0.4) is 0 Å². The smallest absolute Gasteiger partial charge is 0.00105 e. The van der Waals surface area contributed by atoms with Crippen molar-refractivity contribution in [2.24, 2.45) is 5.92 Å². The van der Waals surface area contributed by atoms with E-state index in [0.29, 0.717) is 6.04 Å². The first-order chi connectivity index (χ1) is 6.18. The largest absolute Gasteiger partial charge is 0.314 e. The van der Waals surface area contributed by atoms with Gasteiger partial charge in [-0.2, -0.15) is 0 Å². The molecule has 1 saturated carbocycles. The molecule has 0 aromatic heterocycles. The topological polar surface area (TPSA) is 12.0 Å². The van der Waals surface area contributed by atoms with Crippen LogP contribution < -0.4 is 5.32 Å². The van der Waals surface area contributed by atoms with Crippen LogP contribution in [0.4, 0.5) is 0 Å². The molecule has 1 nitrogen and oxygen atoms in total. The molecule has 0 aliphatic heterocycles.